The van der Waals surface area contributed by atoms with E-state index in [1.165, 1.54) is 0 Å². The molecule has 1 aliphatic rings. The number of unbranched alkanes of at least 4 members (excludes halogenated alkanes) is 7. The van der Waals surface area contributed by atoms with E-state index in [-0.39, 0.29) is 12.8 Å². The molecule has 328 valence electrons. The molecule has 58 heavy (non-hydrogen) atoms. The Morgan fingerprint density at radius 1 is 0.552 bits per heavy atom. The molecule has 14 heteroatoms. The summed E-state index contributed by atoms with van der Waals surface area (Å²) in [4.78, 5) is 35.5. The van der Waals surface area contributed by atoms with Gasteiger partial charge in [0.25, 0.3) is 0 Å². The predicted octanol–water partition coefficient (Wildman–Crippen LogP) is 7.10. The molecular weight excluding hydrogens is 767 g/mol. The molecule has 8 atom stereocenters. The normalized spacial score (nSPS) is 23.5. The maximum absolute atomic E-state index is 12.8. The van der Waals surface area contributed by atoms with Crippen molar-refractivity contribution < 1.29 is 63.1 Å². The van der Waals surface area contributed by atoms with Crippen molar-refractivity contribution in [3.05, 3.63) is 97.2 Å². The molecule has 0 amide bonds. The summed E-state index contributed by atoms with van der Waals surface area (Å²) in [7, 11) is -5.14. The third-order valence-corrected chi connectivity index (χ3v) is 9.78. The van der Waals surface area contributed by atoms with Crippen LogP contribution in [0.25, 0.3) is 0 Å². The number of allylic oxidation sites excluding steroid dienone is 16. The van der Waals surface area contributed by atoms with Gasteiger partial charge in [0.15, 0.2) is 6.10 Å². The SMILES string of the molecule is CC/C=C/C=C/C=C/C=C/C=C/CCCC(=O)OC(COC(=O)CCCCCCCC/C=C/C/C=C/C/C=C/CC)COP(=O)(O)OC1C(O)C(O)C(O)[C@H](O)C1O. The maximum Gasteiger partial charge on any atom is 0.472 e. The Hall–Kier alpha value is -3.23. The van der Waals surface area contributed by atoms with Crippen molar-refractivity contribution in [2.75, 3.05) is 13.2 Å². The van der Waals surface area contributed by atoms with E-state index in [9.17, 15) is 44.6 Å². The molecule has 1 saturated carbocycles. The van der Waals surface area contributed by atoms with Crippen LogP contribution in [0, 0.1) is 0 Å². The van der Waals surface area contributed by atoms with Gasteiger partial charge in [-0.05, 0) is 57.8 Å². The van der Waals surface area contributed by atoms with E-state index in [0.717, 1.165) is 64.2 Å². The summed E-state index contributed by atoms with van der Waals surface area (Å²) < 4.78 is 33.3. The van der Waals surface area contributed by atoms with E-state index in [1.807, 2.05) is 54.7 Å². The van der Waals surface area contributed by atoms with Crippen molar-refractivity contribution in [1.82, 2.24) is 0 Å². The Morgan fingerprint density at radius 3 is 1.66 bits per heavy atom. The van der Waals surface area contributed by atoms with Gasteiger partial charge in [-0.15, -0.1) is 0 Å². The minimum atomic E-state index is -5.14. The number of ether oxygens (including phenoxy) is 2. The molecule has 1 fully saturated rings. The number of esters is 2. The van der Waals surface area contributed by atoms with Crippen LogP contribution in [0.2, 0.25) is 0 Å². The zero-order chi connectivity index (χ0) is 42.9. The summed E-state index contributed by atoms with van der Waals surface area (Å²) in [5, 5.41) is 50.0. The van der Waals surface area contributed by atoms with Crippen molar-refractivity contribution in [3.63, 3.8) is 0 Å². The highest BCUT2D eigenvalue weighted by atomic mass is 31.2. The lowest BCUT2D eigenvalue weighted by atomic mass is 9.85. The summed E-state index contributed by atoms with van der Waals surface area (Å²) >= 11 is 0. The standard InChI is InChI=1S/C44H69O13P/c1-3-5-7-9-11-13-15-17-18-19-21-22-24-26-28-30-32-37(45)54-34-36(35-55-58(52,53)57-44-42(50)40(48)39(47)41(49)43(44)51)56-38(46)33-31-29-27-25-23-20-16-14-12-10-8-6-4-2/h5-8,10-14,16-18,20,23,25,27,36,39-44,47-51H,3-4,9,15,19,21-22,24,26,28-35H2,1-2H3,(H,52,53)/b7-5+,8-6+,12-10+,13-11+,16-14+,18-17+,23-20+,27-25+/t36?,39?,40-,41?,42?,43?,44?/m0/s1. The number of phosphoric ester groups is 1. The van der Waals surface area contributed by atoms with Crippen molar-refractivity contribution >= 4 is 19.8 Å². The van der Waals surface area contributed by atoms with E-state index in [0.29, 0.717) is 19.3 Å². The summed E-state index contributed by atoms with van der Waals surface area (Å²) in [5.41, 5.74) is 0. The van der Waals surface area contributed by atoms with Gasteiger partial charge in [-0.25, -0.2) is 4.57 Å². The van der Waals surface area contributed by atoms with Gasteiger partial charge in [0.1, 0.15) is 43.2 Å². The molecule has 1 rings (SSSR count). The Balaban J connectivity index is 2.57. The van der Waals surface area contributed by atoms with Crippen LogP contribution in [0.1, 0.15) is 110 Å². The molecule has 0 radical (unpaired) electrons. The summed E-state index contributed by atoms with van der Waals surface area (Å²) in [6, 6.07) is 0. The lowest BCUT2D eigenvalue weighted by molar-refractivity contribution is -0.220. The number of carbonyl (C=O) groups excluding carboxylic acids is 2. The average Bonchev–Trinajstić information content (AvgIpc) is 3.20. The maximum atomic E-state index is 12.8. The third-order valence-electron chi connectivity index (χ3n) is 8.80. The van der Waals surface area contributed by atoms with Crippen LogP contribution in [-0.4, -0.2) is 98.3 Å². The largest absolute Gasteiger partial charge is 0.472 e. The number of aliphatic hydroxyl groups is 5. The number of rotatable bonds is 31. The van der Waals surface area contributed by atoms with Gasteiger partial charge in [0, 0.05) is 12.8 Å². The summed E-state index contributed by atoms with van der Waals surface area (Å²) in [5.74, 6) is -1.22. The Bertz CT molecular complexity index is 1380. The van der Waals surface area contributed by atoms with E-state index < -0.39 is 75.7 Å². The number of phosphoric acid groups is 1. The van der Waals surface area contributed by atoms with Crippen LogP contribution in [0.4, 0.5) is 0 Å². The molecule has 1 aliphatic carbocycles. The molecule has 0 bridgehead atoms. The molecule has 0 spiro atoms. The predicted molar refractivity (Wildman–Crippen MR) is 225 cm³/mol. The Labute approximate surface area is 345 Å². The first-order chi connectivity index (χ1) is 27.9. The van der Waals surface area contributed by atoms with Crippen LogP contribution >= 0.6 is 7.82 Å². The fourth-order valence-corrected chi connectivity index (χ4v) is 6.48. The van der Waals surface area contributed by atoms with E-state index >= 15 is 0 Å². The lowest BCUT2D eigenvalue weighted by Gasteiger charge is -2.41. The van der Waals surface area contributed by atoms with Gasteiger partial charge in [-0.2, -0.15) is 0 Å². The van der Waals surface area contributed by atoms with Crippen molar-refractivity contribution in [2.24, 2.45) is 0 Å². The van der Waals surface area contributed by atoms with Gasteiger partial charge in [-0.1, -0.05) is 137 Å². The van der Waals surface area contributed by atoms with Crippen LogP contribution in [0.5, 0.6) is 0 Å². The smallest absolute Gasteiger partial charge is 0.462 e. The van der Waals surface area contributed by atoms with Crippen LogP contribution < -0.4 is 0 Å². The number of hydrogen-bond donors (Lipinski definition) is 6. The molecule has 13 nitrogen and oxygen atoms in total. The van der Waals surface area contributed by atoms with Crippen LogP contribution in [-0.2, 0) is 32.7 Å². The van der Waals surface area contributed by atoms with Crippen molar-refractivity contribution in [1.29, 1.82) is 0 Å². The summed E-state index contributed by atoms with van der Waals surface area (Å²) in [6.07, 6.45) is 30.6. The number of carbonyl (C=O) groups is 2. The summed E-state index contributed by atoms with van der Waals surface area (Å²) in [6.45, 7) is 2.93. The molecule has 7 unspecified atom stereocenters. The third kappa shape index (κ3) is 26.0. The van der Waals surface area contributed by atoms with Crippen molar-refractivity contribution in [2.45, 2.75) is 153 Å². The second-order valence-corrected chi connectivity index (χ2v) is 15.3. The second kappa shape index (κ2) is 33.6. The highest BCUT2D eigenvalue weighted by Crippen LogP contribution is 2.47. The fraction of sp³-hybridized carbons (Fsp3) is 0.591. The highest BCUT2D eigenvalue weighted by Gasteiger charge is 2.51. The zero-order valence-electron chi connectivity index (χ0n) is 34.3. The van der Waals surface area contributed by atoms with E-state index in [2.05, 4.69) is 56.4 Å². The first-order valence-electron chi connectivity index (χ1n) is 20.6. The molecule has 6 N–H and O–H groups in total. The first kappa shape index (κ1) is 52.8. The molecule has 0 saturated heterocycles. The van der Waals surface area contributed by atoms with Crippen LogP contribution in [0.15, 0.2) is 97.2 Å². The average molecular weight is 837 g/mol. The minimum absolute atomic E-state index is 0.00878. The zero-order valence-corrected chi connectivity index (χ0v) is 35.2. The quantitative estimate of drug-likeness (QED) is 0.0136. The fourth-order valence-electron chi connectivity index (χ4n) is 5.51. The minimum Gasteiger partial charge on any atom is -0.462 e. The van der Waals surface area contributed by atoms with E-state index in [4.69, 9.17) is 18.5 Å². The lowest BCUT2D eigenvalue weighted by Crippen LogP contribution is -2.64. The number of aliphatic hydroxyl groups excluding tert-OH is 5. The van der Waals surface area contributed by atoms with Gasteiger partial charge in [-0.3, -0.25) is 18.6 Å². The van der Waals surface area contributed by atoms with Gasteiger partial charge in [0.05, 0.1) is 6.61 Å². The molecule has 0 heterocycles. The second-order valence-electron chi connectivity index (χ2n) is 13.8. The number of hydrogen-bond acceptors (Lipinski definition) is 12. The highest BCUT2D eigenvalue weighted by molar-refractivity contribution is 7.47. The topological polar surface area (TPSA) is 210 Å². The monoisotopic (exact) mass is 836 g/mol. The van der Waals surface area contributed by atoms with E-state index in [1.54, 1.807) is 0 Å². The van der Waals surface area contributed by atoms with Gasteiger partial charge in [0.2, 0.25) is 0 Å². The molecule has 0 aliphatic heterocycles. The first-order valence-corrected chi connectivity index (χ1v) is 22.1. The molecule has 0 aromatic carbocycles. The van der Waals surface area contributed by atoms with Crippen molar-refractivity contribution in [3.8, 4) is 0 Å². The Morgan fingerprint density at radius 2 is 1.03 bits per heavy atom. The van der Waals surface area contributed by atoms with Crippen LogP contribution in [0.3, 0.4) is 0 Å². The Kier molecular flexibility index (Phi) is 30.6. The molecule has 0 aromatic rings. The molecular formula is C44H69O13P. The van der Waals surface area contributed by atoms with Gasteiger partial charge >= 0.3 is 19.8 Å². The molecule has 0 aromatic heterocycles. The van der Waals surface area contributed by atoms with Gasteiger partial charge < -0.3 is 39.9 Å².